The third-order valence-corrected chi connectivity index (χ3v) is 2.76. The summed E-state index contributed by atoms with van der Waals surface area (Å²) < 4.78 is 4.71. The van der Waals surface area contributed by atoms with Crippen molar-refractivity contribution in [1.82, 2.24) is 0 Å². The van der Waals surface area contributed by atoms with E-state index >= 15 is 0 Å². The second-order valence-corrected chi connectivity index (χ2v) is 4.02. The summed E-state index contributed by atoms with van der Waals surface area (Å²) in [4.78, 5) is 10.4. The van der Waals surface area contributed by atoms with E-state index in [0.29, 0.717) is 5.92 Å². The molecule has 0 aromatic rings. The molecule has 0 aliphatic heterocycles. The van der Waals surface area contributed by atoms with Crippen LogP contribution in [0.4, 0.5) is 4.79 Å². The van der Waals surface area contributed by atoms with Gasteiger partial charge < -0.3 is 16.2 Å². The molecule has 1 rings (SSSR count). The summed E-state index contributed by atoms with van der Waals surface area (Å²) in [6.07, 6.45) is 9.47. The topological polar surface area (TPSA) is 78.3 Å². The zero-order valence-corrected chi connectivity index (χ0v) is 9.02. The Labute approximate surface area is 90.6 Å². The highest BCUT2D eigenvalue weighted by Gasteiger charge is 2.16. The molecule has 1 aliphatic rings. The first-order valence-electron chi connectivity index (χ1n) is 5.54. The van der Waals surface area contributed by atoms with Crippen LogP contribution in [0.15, 0.2) is 12.2 Å². The van der Waals surface area contributed by atoms with Crippen LogP contribution in [0, 0.1) is 5.92 Å². The summed E-state index contributed by atoms with van der Waals surface area (Å²) in [5, 5.41) is 0. The maximum Gasteiger partial charge on any atom is 0.404 e. The molecule has 0 radical (unpaired) electrons. The number of carbonyl (C=O) groups excluding carboxylic acids is 1. The molecule has 4 heteroatoms. The van der Waals surface area contributed by atoms with Gasteiger partial charge in [0, 0.05) is 6.04 Å². The molecule has 0 saturated heterocycles. The predicted molar refractivity (Wildman–Crippen MR) is 59.2 cm³/mol. The number of amides is 1. The molecular weight excluding hydrogens is 192 g/mol. The largest absolute Gasteiger partial charge is 0.448 e. The molecular formula is C11H20N2O2. The first-order chi connectivity index (χ1) is 7.20. The quantitative estimate of drug-likeness (QED) is 0.696. The van der Waals surface area contributed by atoms with Gasteiger partial charge in [-0.25, -0.2) is 4.79 Å². The van der Waals surface area contributed by atoms with Gasteiger partial charge >= 0.3 is 6.09 Å². The molecule has 0 saturated carbocycles. The van der Waals surface area contributed by atoms with Gasteiger partial charge in [-0.05, 0) is 25.2 Å². The summed E-state index contributed by atoms with van der Waals surface area (Å²) in [5.74, 6) is 0.310. The Morgan fingerprint density at radius 1 is 1.47 bits per heavy atom. The van der Waals surface area contributed by atoms with Crippen molar-refractivity contribution in [2.24, 2.45) is 17.4 Å². The molecule has 0 bridgehead atoms. The van der Waals surface area contributed by atoms with Crippen LogP contribution in [-0.4, -0.2) is 18.7 Å². The van der Waals surface area contributed by atoms with Gasteiger partial charge in [-0.1, -0.05) is 25.0 Å². The molecule has 2 atom stereocenters. The number of hydrogen-bond donors (Lipinski definition) is 2. The lowest BCUT2D eigenvalue weighted by atomic mass is 9.91. The van der Waals surface area contributed by atoms with Crippen molar-refractivity contribution >= 4 is 6.09 Å². The number of carbonyl (C=O) groups is 1. The molecule has 0 aromatic heterocycles. The lowest BCUT2D eigenvalue weighted by Crippen LogP contribution is -2.35. The minimum absolute atomic E-state index is 0.133. The van der Waals surface area contributed by atoms with Crippen LogP contribution in [0.2, 0.25) is 0 Å². The van der Waals surface area contributed by atoms with Crippen molar-refractivity contribution < 1.29 is 9.53 Å². The molecule has 1 aliphatic carbocycles. The number of rotatable bonds is 3. The zero-order chi connectivity index (χ0) is 11.1. The van der Waals surface area contributed by atoms with Crippen molar-refractivity contribution in [2.45, 2.75) is 38.1 Å². The van der Waals surface area contributed by atoms with Gasteiger partial charge in [0.25, 0.3) is 0 Å². The SMILES string of the molecule is NC(=O)OCC(N)C1/C=C/CCCCC1. The van der Waals surface area contributed by atoms with Crippen LogP contribution < -0.4 is 11.5 Å². The number of ether oxygens (including phenoxy) is 1. The van der Waals surface area contributed by atoms with Gasteiger partial charge in [-0.15, -0.1) is 0 Å². The Morgan fingerprint density at radius 3 is 3.00 bits per heavy atom. The fraction of sp³-hybridized carbons (Fsp3) is 0.727. The number of nitrogens with two attached hydrogens (primary N) is 2. The van der Waals surface area contributed by atoms with Crippen molar-refractivity contribution in [2.75, 3.05) is 6.61 Å². The van der Waals surface area contributed by atoms with E-state index in [2.05, 4.69) is 12.2 Å². The van der Waals surface area contributed by atoms with Crippen molar-refractivity contribution in [3.8, 4) is 0 Å². The van der Waals surface area contributed by atoms with E-state index in [1.54, 1.807) is 0 Å². The van der Waals surface area contributed by atoms with Crippen LogP contribution in [-0.2, 0) is 4.74 Å². The minimum atomic E-state index is -0.750. The second kappa shape index (κ2) is 6.45. The Hall–Kier alpha value is -1.03. The standard InChI is InChI=1S/C11H20N2O2/c12-10(8-15-11(13)14)9-6-4-2-1-3-5-7-9/h4,6,9-10H,1-3,5,7-8,12H2,(H2,13,14)/b6-4+. The third-order valence-electron chi connectivity index (χ3n) is 2.76. The van der Waals surface area contributed by atoms with Crippen molar-refractivity contribution in [3.63, 3.8) is 0 Å². The molecule has 4 nitrogen and oxygen atoms in total. The lowest BCUT2D eigenvalue weighted by Gasteiger charge is -2.21. The Kier molecular flexibility index (Phi) is 5.18. The minimum Gasteiger partial charge on any atom is -0.448 e. The zero-order valence-electron chi connectivity index (χ0n) is 9.02. The van der Waals surface area contributed by atoms with E-state index in [4.69, 9.17) is 16.2 Å². The van der Waals surface area contributed by atoms with Gasteiger partial charge in [-0.3, -0.25) is 0 Å². The number of primary amides is 1. The summed E-state index contributed by atoms with van der Waals surface area (Å²) >= 11 is 0. The second-order valence-electron chi connectivity index (χ2n) is 4.02. The monoisotopic (exact) mass is 212 g/mol. The summed E-state index contributed by atoms with van der Waals surface area (Å²) in [6.45, 7) is 0.213. The molecule has 2 unspecified atom stereocenters. The molecule has 0 aromatic carbocycles. The van der Waals surface area contributed by atoms with E-state index < -0.39 is 6.09 Å². The van der Waals surface area contributed by atoms with E-state index in [0.717, 1.165) is 12.8 Å². The van der Waals surface area contributed by atoms with E-state index in [9.17, 15) is 4.79 Å². The van der Waals surface area contributed by atoms with E-state index in [-0.39, 0.29) is 12.6 Å². The first-order valence-corrected chi connectivity index (χ1v) is 5.54. The first kappa shape index (κ1) is 12.0. The Balaban J connectivity index is 2.37. The molecule has 0 heterocycles. The molecule has 1 amide bonds. The van der Waals surface area contributed by atoms with Gasteiger partial charge in [0.15, 0.2) is 0 Å². The smallest absolute Gasteiger partial charge is 0.404 e. The fourth-order valence-electron chi connectivity index (χ4n) is 1.84. The molecule has 4 N–H and O–H groups in total. The van der Waals surface area contributed by atoms with Gasteiger partial charge in [0.2, 0.25) is 0 Å². The normalized spacial score (nSPS) is 26.1. The maximum atomic E-state index is 10.4. The highest BCUT2D eigenvalue weighted by Crippen LogP contribution is 2.19. The maximum absolute atomic E-state index is 10.4. The molecule has 15 heavy (non-hydrogen) atoms. The average molecular weight is 212 g/mol. The van der Waals surface area contributed by atoms with Crippen LogP contribution >= 0.6 is 0 Å². The summed E-state index contributed by atoms with van der Waals surface area (Å²) in [5.41, 5.74) is 10.8. The Bertz CT molecular complexity index is 229. The predicted octanol–water partition coefficient (Wildman–Crippen LogP) is 1.55. The van der Waals surface area contributed by atoms with Crippen molar-refractivity contribution in [3.05, 3.63) is 12.2 Å². The summed E-state index contributed by atoms with van der Waals surface area (Å²) in [7, 11) is 0. The van der Waals surface area contributed by atoms with Crippen LogP contribution in [0.3, 0.4) is 0 Å². The van der Waals surface area contributed by atoms with Crippen LogP contribution in [0.1, 0.15) is 32.1 Å². The van der Waals surface area contributed by atoms with Gasteiger partial charge in [0.05, 0.1) is 0 Å². The summed E-state index contributed by atoms with van der Waals surface area (Å²) in [6, 6.07) is -0.133. The highest BCUT2D eigenvalue weighted by atomic mass is 16.5. The van der Waals surface area contributed by atoms with Gasteiger partial charge in [-0.2, -0.15) is 0 Å². The highest BCUT2D eigenvalue weighted by molar-refractivity contribution is 5.64. The molecule has 0 fully saturated rings. The van der Waals surface area contributed by atoms with E-state index in [1.807, 2.05) is 0 Å². The number of allylic oxidation sites excluding steroid dienone is 1. The Morgan fingerprint density at radius 2 is 2.27 bits per heavy atom. The lowest BCUT2D eigenvalue weighted by molar-refractivity contribution is 0.142. The van der Waals surface area contributed by atoms with E-state index in [1.165, 1.54) is 19.3 Å². The van der Waals surface area contributed by atoms with Crippen molar-refractivity contribution in [1.29, 1.82) is 0 Å². The van der Waals surface area contributed by atoms with Gasteiger partial charge in [0.1, 0.15) is 6.61 Å². The van der Waals surface area contributed by atoms with Crippen LogP contribution in [0.5, 0.6) is 0 Å². The van der Waals surface area contributed by atoms with Crippen LogP contribution in [0.25, 0.3) is 0 Å². The number of hydrogen-bond acceptors (Lipinski definition) is 3. The fourth-order valence-corrected chi connectivity index (χ4v) is 1.84. The molecule has 0 spiro atoms. The average Bonchev–Trinajstić information content (AvgIpc) is 2.13. The third kappa shape index (κ3) is 4.83. The molecule has 86 valence electrons.